The highest BCUT2D eigenvalue weighted by Crippen LogP contribution is 2.35. The van der Waals surface area contributed by atoms with E-state index in [0.717, 1.165) is 27.5 Å². The molecule has 0 atom stereocenters. The van der Waals surface area contributed by atoms with E-state index in [2.05, 4.69) is 17.2 Å². The summed E-state index contributed by atoms with van der Waals surface area (Å²) in [5.41, 5.74) is 1.63. The van der Waals surface area contributed by atoms with Crippen LogP contribution in [0.4, 0.5) is 10.8 Å². The minimum absolute atomic E-state index is 0.0962. The van der Waals surface area contributed by atoms with E-state index in [1.807, 2.05) is 31.1 Å². The first-order chi connectivity index (χ1) is 12.0. The third-order valence-electron chi connectivity index (χ3n) is 3.93. The first-order valence-corrected chi connectivity index (χ1v) is 9.85. The van der Waals surface area contributed by atoms with Crippen LogP contribution in [0.5, 0.6) is 5.75 Å². The van der Waals surface area contributed by atoms with Gasteiger partial charge in [0.15, 0.2) is 5.13 Å². The van der Waals surface area contributed by atoms with Crippen molar-refractivity contribution in [1.29, 1.82) is 0 Å². The topological polar surface area (TPSA) is 54.5 Å². The maximum absolute atomic E-state index is 11.5. The standard InChI is InChI=1S/C19H29N3O2S/c1-5-6-7-8-9-10-11-24-17-12-16-18(13-15(17)20-14(2)23)25-19(21-16)22(3)4/h12-13H,5-11H2,1-4H3,(H,20,23). The fraction of sp³-hybridized carbons (Fsp3) is 0.579. The molecule has 2 aromatic rings. The summed E-state index contributed by atoms with van der Waals surface area (Å²) in [6.07, 6.45) is 7.33. The van der Waals surface area contributed by atoms with Crippen LogP contribution >= 0.6 is 11.3 Å². The lowest BCUT2D eigenvalue weighted by atomic mass is 10.1. The summed E-state index contributed by atoms with van der Waals surface area (Å²) < 4.78 is 7.00. The Hall–Kier alpha value is -1.82. The number of hydrogen-bond donors (Lipinski definition) is 1. The first-order valence-electron chi connectivity index (χ1n) is 9.03. The lowest BCUT2D eigenvalue weighted by Gasteiger charge is -2.12. The van der Waals surface area contributed by atoms with E-state index < -0.39 is 0 Å². The molecule has 0 spiro atoms. The van der Waals surface area contributed by atoms with Gasteiger partial charge in [-0.3, -0.25) is 4.79 Å². The number of fused-ring (bicyclic) bond motifs is 1. The number of hydrogen-bond acceptors (Lipinski definition) is 5. The molecule has 5 nitrogen and oxygen atoms in total. The van der Waals surface area contributed by atoms with Gasteiger partial charge in [-0.2, -0.15) is 0 Å². The monoisotopic (exact) mass is 363 g/mol. The van der Waals surface area contributed by atoms with Gasteiger partial charge in [0.2, 0.25) is 5.91 Å². The number of thiazole rings is 1. The molecule has 0 bridgehead atoms. The van der Waals surface area contributed by atoms with E-state index in [1.54, 1.807) is 11.3 Å². The molecule has 1 N–H and O–H groups in total. The van der Waals surface area contributed by atoms with Crippen LogP contribution in [0.25, 0.3) is 10.2 Å². The quantitative estimate of drug-likeness (QED) is 0.600. The normalized spacial score (nSPS) is 10.9. The summed E-state index contributed by atoms with van der Waals surface area (Å²) in [7, 11) is 3.95. The number of nitrogens with zero attached hydrogens (tertiary/aromatic N) is 2. The van der Waals surface area contributed by atoms with Gasteiger partial charge in [0, 0.05) is 27.1 Å². The molecule has 6 heteroatoms. The highest BCUT2D eigenvalue weighted by atomic mass is 32.1. The average Bonchev–Trinajstić information content (AvgIpc) is 2.96. The fourth-order valence-corrected chi connectivity index (χ4v) is 3.51. The Morgan fingerprint density at radius 2 is 1.92 bits per heavy atom. The number of unbranched alkanes of at least 4 members (excludes halogenated alkanes) is 5. The van der Waals surface area contributed by atoms with Crippen molar-refractivity contribution in [3.63, 3.8) is 0 Å². The summed E-state index contributed by atoms with van der Waals surface area (Å²) in [4.78, 5) is 18.1. The van der Waals surface area contributed by atoms with E-state index in [4.69, 9.17) is 4.74 Å². The highest BCUT2D eigenvalue weighted by molar-refractivity contribution is 7.22. The largest absolute Gasteiger partial charge is 0.491 e. The van der Waals surface area contributed by atoms with Crippen molar-refractivity contribution in [2.75, 3.05) is 30.9 Å². The fourth-order valence-electron chi connectivity index (χ4n) is 2.61. The van der Waals surface area contributed by atoms with Crippen LogP contribution in [0.3, 0.4) is 0 Å². The maximum Gasteiger partial charge on any atom is 0.221 e. The second kappa shape index (κ2) is 9.61. The zero-order chi connectivity index (χ0) is 18.2. The summed E-state index contributed by atoms with van der Waals surface area (Å²) in [5, 5.41) is 3.82. The van der Waals surface area contributed by atoms with E-state index in [9.17, 15) is 4.79 Å². The number of amides is 1. The van der Waals surface area contributed by atoms with Crippen LogP contribution in [0.15, 0.2) is 12.1 Å². The molecule has 0 aliphatic rings. The molecular weight excluding hydrogens is 334 g/mol. The minimum atomic E-state index is -0.0962. The third kappa shape index (κ3) is 5.88. The molecule has 138 valence electrons. The van der Waals surface area contributed by atoms with Crippen molar-refractivity contribution in [1.82, 2.24) is 4.98 Å². The van der Waals surface area contributed by atoms with Crippen LogP contribution in [0, 0.1) is 0 Å². The van der Waals surface area contributed by atoms with Crippen LogP contribution in [0.1, 0.15) is 52.4 Å². The molecule has 0 unspecified atom stereocenters. The van der Waals surface area contributed by atoms with Crippen LogP contribution < -0.4 is 15.0 Å². The first kappa shape index (κ1) is 19.5. The number of aromatic nitrogens is 1. The maximum atomic E-state index is 11.5. The molecule has 0 saturated heterocycles. The SMILES string of the molecule is CCCCCCCCOc1cc2nc(N(C)C)sc2cc1NC(C)=O. The Bertz CT molecular complexity index is 697. The molecule has 1 aromatic carbocycles. The molecule has 0 aliphatic heterocycles. The van der Waals surface area contributed by atoms with Crippen LogP contribution in [0.2, 0.25) is 0 Å². The Balaban J connectivity index is 2.05. The minimum Gasteiger partial charge on any atom is -0.491 e. The van der Waals surface area contributed by atoms with Gasteiger partial charge in [0.1, 0.15) is 5.75 Å². The predicted molar refractivity (Wildman–Crippen MR) is 107 cm³/mol. The van der Waals surface area contributed by atoms with Gasteiger partial charge >= 0.3 is 0 Å². The van der Waals surface area contributed by atoms with Gasteiger partial charge in [0.25, 0.3) is 0 Å². The molecule has 0 saturated carbocycles. The molecule has 25 heavy (non-hydrogen) atoms. The number of nitrogens with one attached hydrogen (secondary N) is 1. The van der Waals surface area contributed by atoms with Gasteiger partial charge in [-0.1, -0.05) is 50.4 Å². The number of rotatable bonds is 10. The zero-order valence-electron chi connectivity index (χ0n) is 15.7. The molecule has 2 rings (SSSR count). The van der Waals surface area contributed by atoms with Crippen molar-refractivity contribution < 1.29 is 9.53 Å². The van der Waals surface area contributed by atoms with Crippen molar-refractivity contribution >= 4 is 38.3 Å². The second-order valence-electron chi connectivity index (χ2n) is 6.50. The average molecular weight is 364 g/mol. The number of ether oxygens (including phenoxy) is 1. The molecule has 1 amide bonds. The van der Waals surface area contributed by atoms with Gasteiger partial charge in [-0.25, -0.2) is 4.98 Å². The predicted octanol–water partition coefficient (Wildman–Crippen LogP) is 5.06. The Kier molecular flexibility index (Phi) is 7.50. The zero-order valence-corrected chi connectivity index (χ0v) is 16.5. The smallest absolute Gasteiger partial charge is 0.221 e. The molecule has 1 aromatic heterocycles. The second-order valence-corrected chi connectivity index (χ2v) is 7.51. The van der Waals surface area contributed by atoms with E-state index >= 15 is 0 Å². The summed E-state index contributed by atoms with van der Waals surface area (Å²) in [6, 6.07) is 3.89. The van der Waals surface area contributed by atoms with E-state index in [-0.39, 0.29) is 5.91 Å². The van der Waals surface area contributed by atoms with Crippen LogP contribution in [-0.4, -0.2) is 31.6 Å². The molecule has 0 fully saturated rings. The Morgan fingerprint density at radius 3 is 2.60 bits per heavy atom. The Labute approximate surface area is 154 Å². The number of carbonyl (C=O) groups is 1. The molecule has 0 radical (unpaired) electrons. The third-order valence-corrected chi connectivity index (χ3v) is 5.11. The van der Waals surface area contributed by atoms with Crippen LogP contribution in [-0.2, 0) is 4.79 Å². The van der Waals surface area contributed by atoms with Gasteiger partial charge in [0.05, 0.1) is 22.5 Å². The molecular formula is C19H29N3O2S. The molecule has 0 aliphatic carbocycles. The van der Waals surface area contributed by atoms with E-state index in [1.165, 1.54) is 39.0 Å². The highest BCUT2D eigenvalue weighted by Gasteiger charge is 2.12. The lowest BCUT2D eigenvalue weighted by Crippen LogP contribution is -2.08. The van der Waals surface area contributed by atoms with Crippen molar-refractivity contribution in [3.05, 3.63) is 12.1 Å². The van der Waals surface area contributed by atoms with Gasteiger partial charge in [-0.05, 0) is 12.5 Å². The summed E-state index contributed by atoms with van der Waals surface area (Å²) >= 11 is 1.60. The van der Waals surface area contributed by atoms with Gasteiger partial charge in [-0.15, -0.1) is 0 Å². The van der Waals surface area contributed by atoms with E-state index in [0.29, 0.717) is 12.4 Å². The Morgan fingerprint density at radius 1 is 1.20 bits per heavy atom. The number of carbonyl (C=O) groups excluding carboxylic acids is 1. The summed E-state index contributed by atoms with van der Waals surface area (Å²) in [6.45, 7) is 4.40. The van der Waals surface area contributed by atoms with Crippen molar-refractivity contribution in [2.45, 2.75) is 52.4 Å². The molecule has 1 heterocycles. The van der Waals surface area contributed by atoms with Gasteiger partial charge < -0.3 is 15.0 Å². The van der Waals surface area contributed by atoms with Crippen molar-refractivity contribution in [2.24, 2.45) is 0 Å². The summed E-state index contributed by atoms with van der Waals surface area (Å²) in [5.74, 6) is 0.605. The number of benzene rings is 1. The number of anilines is 2. The lowest BCUT2D eigenvalue weighted by molar-refractivity contribution is -0.114. The van der Waals surface area contributed by atoms with Crippen molar-refractivity contribution in [3.8, 4) is 5.75 Å².